The van der Waals surface area contributed by atoms with Crippen LogP contribution in [-0.2, 0) is 14.3 Å². The zero-order valence-electron chi connectivity index (χ0n) is 15.4. The van der Waals surface area contributed by atoms with Gasteiger partial charge in [0.1, 0.15) is 17.7 Å². The van der Waals surface area contributed by atoms with E-state index in [1.165, 1.54) is 4.90 Å². The number of hydrogen-bond acceptors (Lipinski definition) is 4. The SMILES string of the molecule is CC(C)(C)OC(=O)N[C@H](C(=O)N1CC2(CC2)C[C@H]1C(=O)O)C1(C)CC1. The van der Waals surface area contributed by atoms with Crippen molar-refractivity contribution >= 4 is 18.0 Å². The van der Waals surface area contributed by atoms with E-state index >= 15 is 0 Å². The minimum atomic E-state index is -0.964. The molecule has 2 aliphatic carbocycles. The summed E-state index contributed by atoms with van der Waals surface area (Å²) in [6.07, 6.45) is 3.49. The summed E-state index contributed by atoms with van der Waals surface area (Å²) >= 11 is 0. The largest absolute Gasteiger partial charge is 0.480 e. The molecule has 7 nitrogen and oxygen atoms in total. The van der Waals surface area contributed by atoms with Gasteiger partial charge in [-0.15, -0.1) is 0 Å². The second-order valence-electron chi connectivity index (χ2n) is 9.26. The molecule has 0 unspecified atom stereocenters. The number of ether oxygens (including phenoxy) is 1. The number of carbonyl (C=O) groups excluding carboxylic acids is 2. The predicted octanol–water partition coefficient (Wildman–Crippen LogP) is 2.15. The van der Waals surface area contributed by atoms with Gasteiger partial charge in [-0.1, -0.05) is 6.92 Å². The summed E-state index contributed by atoms with van der Waals surface area (Å²) in [5.41, 5.74) is -0.993. The Balaban J connectivity index is 1.76. The predicted molar refractivity (Wildman–Crippen MR) is 89.9 cm³/mol. The van der Waals surface area contributed by atoms with Crippen molar-refractivity contribution in [1.29, 1.82) is 0 Å². The monoisotopic (exact) mass is 352 g/mol. The van der Waals surface area contributed by atoms with Crippen molar-refractivity contribution in [3.63, 3.8) is 0 Å². The van der Waals surface area contributed by atoms with Crippen LogP contribution in [0, 0.1) is 10.8 Å². The average Bonchev–Trinajstić information content (AvgIpc) is 3.33. The molecule has 0 bridgehead atoms. The second kappa shape index (κ2) is 5.61. The number of carboxylic acid groups (broad SMARTS) is 1. The van der Waals surface area contributed by atoms with Crippen LogP contribution in [0.3, 0.4) is 0 Å². The van der Waals surface area contributed by atoms with Crippen molar-refractivity contribution in [1.82, 2.24) is 10.2 Å². The lowest BCUT2D eigenvalue weighted by molar-refractivity contribution is -0.149. The van der Waals surface area contributed by atoms with Crippen molar-refractivity contribution in [3.8, 4) is 0 Å². The molecule has 1 aliphatic heterocycles. The number of hydrogen-bond donors (Lipinski definition) is 2. The van der Waals surface area contributed by atoms with E-state index in [2.05, 4.69) is 5.32 Å². The minimum absolute atomic E-state index is 0.0142. The molecule has 0 aromatic heterocycles. The third-order valence-corrected chi connectivity index (χ3v) is 5.68. The lowest BCUT2D eigenvalue weighted by Gasteiger charge is -2.31. The Labute approximate surface area is 148 Å². The van der Waals surface area contributed by atoms with Gasteiger partial charge in [-0.2, -0.15) is 0 Å². The minimum Gasteiger partial charge on any atom is -0.480 e. The first-order valence-electron chi connectivity index (χ1n) is 8.98. The first kappa shape index (κ1) is 18.0. The number of carboxylic acids is 1. The summed E-state index contributed by atoms with van der Waals surface area (Å²) in [7, 11) is 0. The lowest BCUT2D eigenvalue weighted by Crippen LogP contribution is -2.55. The summed E-state index contributed by atoms with van der Waals surface area (Å²) in [5, 5.41) is 12.2. The van der Waals surface area contributed by atoms with Crippen molar-refractivity contribution in [2.45, 2.75) is 77.5 Å². The highest BCUT2D eigenvalue weighted by Gasteiger charge is 2.58. The van der Waals surface area contributed by atoms with Gasteiger partial charge in [0.05, 0.1) is 0 Å². The van der Waals surface area contributed by atoms with Crippen LogP contribution in [0.15, 0.2) is 0 Å². The highest BCUT2D eigenvalue weighted by atomic mass is 16.6. The molecular formula is C18H28N2O5. The zero-order chi connectivity index (χ0) is 18.6. The molecule has 2 saturated carbocycles. The molecule has 2 amide bonds. The smallest absolute Gasteiger partial charge is 0.408 e. The molecule has 0 aromatic rings. The standard InChI is InChI=1S/C18H28N2O5/c1-16(2,3)25-15(24)19-12(17(4)5-6-17)13(21)20-10-18(7-8-18)9-11(20)14(22)23/h11-12H,5-10H2,1-4H3,(H,19,24)(H,22,23)/t11-,12+/m0/s1. The molecule has 0 aromatic carbocycles. The fourth-order valence-corrected chi connectivity index (χ4v) is 3.66. The molecule has 7 heteroatoms. The molecule has 1 heterocycles. The van der Waals surface area contributed by atoms with Crippen LogP contribution < -0.4 is 5.32 Å². The third kappa shape index (κ3) is 3.75. The molecule has 25 heavy (non-hydrogen) atoms. The zero-order valence-corrected chi connectivity index (χ0v) is 15.4. The second-order valence-corrected chi connectivity index (χ2v) is 9.26. The van der Waals surface area contributed by atoms with Crippen LogP contribution in [0.2, 0.25) is 0 Å². The van der Waals surface area contributed by atoms with Crippen molar-refractivity contribution < 1.29 is 24.2 Å². The van der Waals surface area contributed by atoms with E-state index in [4.69, 9.17) is 4.74 Å². The van der Waals surface area contributed by atoms with Gasteiger partial charge in [-0.25, -0.2) is 9.59 Å². The van der Waals surface area contributed by atoms with Crippen LogP contribution in [0.1, 0.15) is 59.8 Å². The first-order chi connectivity index (χ1) is 11.4. The Kier molecular flexibility index (Phi) is 4.04. The lowest BCUT2D eigenvalue weighted by atomic mass is 9.97. The van der Waals surface area contributed by atoms with E-state index < -0.39 is 29.7 Å². The topological polar surface area (TPSA) is 95.9 Å². The van der Waals surface area contributed by atoms with Gasteiger partial charge in [0.15, 0.2) is 0 Å². The molecule has 1 spiro atoms. The maximum absolute atomic E-state index is 13.2. The molecule has 3 rings (SSSR count). The summed E-state index contributed by atoms with van der Waals surface area (Å²) in [4.78, 5) is 38.5. The van der Waals surface area contributed by atoms with Gasteiger partial charge in [-0.3, -0.25) is 4.79 Å². The molecule has 3 aliphatic rings. The highest BCUT2D eigenvalue weighted by molar-refractivity contribution is 5.91. The fraction of sp³-hybridized carbons (Fsp3) is 0.833. The number of nitrogens with one attached hydrogen (secondary N) is 1. The summed E-state index contributed by atoms with van der Waals surface area (Å²) in [6.45, 7) is 7.72. The third-order valence-electron chi connectivity index (χ3n) is 5.68. The quantitative estimate of drug-likeness (QED) is 0.808. The Hall–Kier alpha value is -1.79. The highest BCUT2D eigenvalue weighted by Crippen LogP contribution is 2.56. The van der Waals surface area contributed by atoms with Gasteiger partial charge in [-0.05, 0) is 63.7 Å². The van der Waals surface area contributed by atoms with Crippen LogP contribution >= 0.6 is 0 Å². The number of rotatable bonds is 4. The van der Waals surface area contributed by atoms with Gasteiger partial charge in [0.2, 0.25) is 5.91 Å². The number of amides is 2. The fourth-order valence-electron chi connectivity index (χ4n) is 3.66. The van der Waals surface area contributed by atoms with Crippen molar-refractivity contribution in [2.24, 2.45) is 10.8 Å². The number of nitrogens with zero attached hydrogens (tertiary/aromatic N) is 1. The summed E-state index contributed by atoms with van der Waals surface area (Å²) < 4.78 is 5.29. The van der Waals surface area contributed by atoms with Gasteiger partial charge < -0.3 is 20.1 Å². The maximum atomic E-state index is 13.2. The normalized spacial score (nSPS) is 26.9. The average molecular weight is 352 g/mol. The van der Waals surface area contributed by atoms with Crippen LogP contribution in [-0.4, -0.2) is 52.2 Å². The Morgan fingerprint density at radius 1 is 1.20 bits per heavy atom. The van der Waals surface area contributed by atoms with E-state index in [9.17, 15) is 19.5 Å². The van der Waals surface area contributed by atoms with E-state index in [0.29, 0.717) is 13.0 Å². The number of aliphatic carboxylic acids is 1. The summed E-state index contributed by atoms with van der Waals surface area (Å²) in [5.74, 6) is -1.25. The van der Waals surface area contributed by atoms with Crippen molar-refractivity contribution in [2.75, 3.05) is 6.54 Å². The van der Waals surface area contributed by atoms with E-state index in [-0.39, 0.29) is 16.7 Å². The Morgan fingerprint density at radius 2 is 1.80 bits per heavy atom. The Bertz CT molecular complexity index is 601. The number of likely N-dealkylation sites (tertiary alicyclic amines) is 1. The van der Waals surface area contributed by atoms with Crippen LogP contribution in [0.25, 0.3) is 0 Å². The van der Waals surface area contributed by atoms with E-state index in [1.54, 1.807) is 20.8 Å². The van der Waals surface area contributed by atoms with Crippen molar-refractivity contribution in [3.05, 3.63) is 0 Å². The van der Waals surface area contributed by atoms with Crippen LogP contribution in [0.5, 0.6) is 0 Å². The number of alkyl carbamates (subject to hydrolysis) is 1. The number of carbonyl (C=O) groups is 3. The summed E-state index contributed by atoms with van der Waals surface area (Å²) in [6, 6.07) is -1.53. The van der Waals surface area contributed by atoms with Gasteiger partial charge in [0, 0.05) is 6.54 Å². The van der Waals surface area contributed by atoms with E-state index in [0.717, 1.165) is 25.7 Å². The molecule has 2 N–H and O–H groups in total. The molecule has 3 fully saturated rings. The molecule has 140 valence electrons. The van der Waals surface area contributed by atoms with Gasteiger partial charge in [0.25, 0.3) is 0 Å². The Morgan fingerprint density at radius 3 is 2.24 bits per heavy atom. The first-order valence-corrected chi connectivity index (χ1v) is 8.98. The molecule has 1 saturated heterocycles. The maximum Gasteiger partial charge on any atom is 0.408 e. The molecule has 0 radical (unpaired) electrons. The molecule has 2 atom stereocenters. The van der Waals surface area contributed by atoms with Crippen LogP contribution in [0.4, 0.5) is 4.79 Å². The van der Waals surface area contributed by atoms with E-state index in [1.807, 2.05) is 6.92 Å². The molecular weight excluding hydrogens is 324 g/mol. The van der Waals surface area contributed by atoms with Gasteiger partial charge >= 0.3 is 12.1 Å².